The summed E-state index contributed by atoms with van der Waals surface area (Å²) in [5.74, 6) is -0.411. The Bertz CT molecular complexity index is 1440. The quantitative estimate of drug-likeness (QED) is 0.223. The minimum Gasteiger partial charge on any atom is -0.341 e. The van der Waals surface area contributed by atoms with Crippen LogP contribution in [0.1, 0.15) is 66.2 Å². The van der Waals surface area contributed by atoms with Gasteiger partial charge in [-0.15, -0.1) is 0 Å². The lowest BCUT2D eigenvalue weighted by molar-refractivity contribution is 0.0931. The second-order valence-electron chi connectivity index (χ2n) is 10.0. The van der Waals surface area contributed by atoms with E-state index in [1.54, 1.807) is 24.3 Å². The zero-order valence-corrected chi connectivity index (χ0v) is 22.7. The Morgan fingerprint density at radius 1 is 0.425 bits per heavy atom. The van der Waals surface area contributed by atoms with E-state index in [1.165, 1.54) is 0 Å². The van der Waals surface area contributed by atoms with Crippen molar-refractivity contribution in [2.24, 2.45) is 0 Å². The lowest BCUT2D eigenvalue weighted by Gasteiger charge is -2.21. The number of carbonyl (C=O) groups excluding carboxylic acids is 2. The molecule has 0 fully saturated rings. The summed E-state index contributed by atoms with van der Waals surface area (Å²) >= 11 is 0. The fourth-order valence-corrected chi connectivity index (χ4v) is 4.73. The van der Waals surface area contributed by atoms with Gasteiger partial charge in [0.05, 0.1) is 12.1 Å². The maximum absolute atomic E-state index is 13.3. The summed E-state index contributed by atoms with van der Waals surface area (Å²) in [4.78, 5) is 26.6. The SMILES string of the molecule is Cc1ccc(C(NC(=O)c2ccc(C(=O)NC(c3ccccc3)c3ccc(C)cc3)cc2)c2ccccc2)cc1. The number of rotatable bonds is 8. The zero-order valence-electron chi connectivity index (χ0n) is 22.7. The molecule has 0 aliphatic heterocycles. The van der Waals surface area contributed by atoms with Crippen LogP contribution in [0.25, 0.3) is 0 Å². The summed E-state index contributed by atoms with van der Waals surface area (Å²) in [7, 11) is 0. The molecule has 5 rings (SSSR count). The first-order valence-corrected chi connectivity index (χ1v) is 13.4. The van der Waals surface area contributed by atoms with Gasteiger partial charge in [-0.2, -0.15) is 0 Å². The Morgan fingerprint density at radius 2 is 0.725 bits per heavy atom. The van der Waals surface area contributed by atoms with Crippen molar-refractivity contribution in [2.45, 2.75) is 25.9 Å². The van der Waals surface area contributed by atoms with Crippen LogP contribution in [0.4, 0.5) is 0 Å². The fourth-order valence-electron chi connectivity index (χ4n) is 4.73. The second kappa shape index (κ2) is 12.3. The highest BCUT2D eigenvalue weighted by molar-refractivity contribution is 5.98. The number of benzene rings is 5. The van der Waals surface area contributed by atoms with Gasteiger partial charge in [-0.05, 0) is 60.4 Å². The molecule has 2 N–H and O–H groups in total. The van der Waals surface area contributed by atoms with Crippen molar-refractivity contribution in [1.29, 1.82) is 0 Å². The Morgan fingerprint density at radius 3 is 1.05 bits per heavy atom. The van der Waals surface area contributed by atoms with Crippen LogP contribution >= 0.6 is 0 Å². The van der Waals surface area contributed by atoms with Crippen LogP contribution in [-0.2, 0) is 0 Å². The molecule has 2 amide bonds. The maximum atomic E-state index is 13.3. The van der Waals surface area contributed by atoms with E-state index in [-0.39, 0.29) is 23.9 Å². The van der Waals surface area contributed by atoms with E-state index >= 15 is 0 Å². The van der Waals surface area contributed by atoms with E-state index in [9.17, 15) is 9.59 Å². The van der Waals surface area contributed by atoms with Crippen molar-refractivity contribution in [3.63, 3.8) is 0 Å². The Kier molecular flexibility index (Phi) is 8.17. The van der Waals surface area contributed by atoms with Gasteiger partial charge in [0.2, 0.25) is 0 Å². The number of aryl methyl sites for hydroxylation is 2. The number of hydrogen-bond donors (Lipinski definition) is 2. The van der Waals surface area contributed by atoms with Gasteiger partial charge in [-0.1, -0.05) is 120 Å². The summed E-state index contributed by atoms with van der Waals surface area (Å²) in [6.07, 6.45) is 0. The third-order valence-corrected chi connectivity index (χ3v) is 7.05. The van der Waals surface area contributed by atoms with Gasteiger partial charge < -0.3 is 10.6 Å². The Hall–Kier alpha value is -4.96. The molecular weight excluding hydrogens is 492 g/mol. The van der Waals surface area contributed by atoms with Crippen LogP contribution in [0.15, 0.2) is 133 Å². The number of hydrogen-bond acceptors (Lipinski definition) is 2. The molecule has 5 aromatic rings. The van der Waals surface area contributed by atoms with Gasteiger partial charge in [0, 0.05) is 11.1 Å². The van der Waals surface area contributed by atoms with Crippen molar-refractivity contribution in [3.8, 4) is 0 Å². The lowest BCUT2D eigenvalue weighted by Crippen LogP contribution is -2.30. The molecule has 198 valence electrons. The zero-order chi connectivity index (χ0) is 27.9. The normalized spacial score (nSPS) is 12.2. The van der Waals surface area contributed by atoms with E-state index in [1.807, 2.05) is 123 Å². The average Bonchev–Trinajstić information content (AvgIpc) is 3.00. The molecular formula is C36H32N2O2. The lowest BCUT2D eigenvalue weighted by atomic mass is 9.97. The van der Waals surface area contributed by atoms with Crippen LogP contribution in [0.3, 0.4) is 0 Å². The molecule has 2 atom stereocenters. The molecule has 40 heavy (non-hydrogen) atoms. The molecule has 0 spiro atoms. The van der Waals surface area contributed by atoms with E-state index in [4.69, 9.17) is 0 Å². The molecule has 5 aromatic carbocycles. The Balaban J connectivity index is 1.34. The molecule has 0 saturated carbocycles. The molecule has 0 bridgehead atoms. The van der Waals surface area contributed by atoms with Crippen LogP contribution in [0, 0.1) is 13.8 Å². The van der Waals surface area contributed by atoms with Crippen LogP contribution < -0.4 is 10.6 Å². The van der Waals surface area contributed by atoms with E-state index in [0.29, 0.717) is 11.1 Å². The first-order chi connectivity index (χ1) is 19.5. The molecule has 0 aliphatic rings. The minimum atomic E-state index is -0.293. The average molecular weight is 525 g/mol. The third kappa shape index (κ3) is 6.36. The van der Waals surface area contributed by atoms with Gasteiger partial charge >= 0.3 is 0 Å². The van der Waals surface area contributed by atoms with E-state index in [0.717, 1.165) is 33.4 Å². The summed E-state index contributed by atoms with van der Waals surface area (Å²) in [6.45, 7) is 4.08. The first-order valence-electron chi connectivity index (χ1n) is 13.4. The monoisotopic (exact) mass is 524 g/mol. The molecule has 4 heteroatoms. The molecule has 0 saturated heterocycles. The highest BCUT2D eigenvalue weighted by atomic mass is 16.2. The van der Waals surface area contributed by atoms with Gasteiger partial charge in [-0.25, -0.2) is 0 Å². The van der Waals surface area contributed by atoms with Crippen LogP contribution in [-0.4, -0.2) is 11.8 Å². The number of amides is 2. The fraction of sp³-hybridized carbons (Fsp3) is 0.111. The molecule has 2 unspecified atom stereocenters. The number of nitrogens with one attached hydrogen (secondary N) is 2. The Labute approximate surface area is 235 Å². The number of carbonyl (C=O) groups is 2. The van der Waals surface area contributed by atoms with Crippen LogP contribution in [0.2, 0.25) is 0 Å². The summed E-state index contributed by atoms with van der Waals surface area (Å²) in [5.41, 5.74) is 7.30. The summed E-state index contributed by atoms with van der Waals surface area (Å²) in [5, 5.41) is 6.35. The predicted octanol–water partition coefficient (Wildman–Crippen LogP) is 7.34. The van der Waals surface area contributed by atoms with E-state index < -0.39 is 0 Å². The second-order valence-corrected chi connectivity index (χ2v) is 10.0. The minimum absolute atomic E-state index is 0.205. The smallest absolute Gasteiger partial charge is 0.252 e. The van der Waals surface area contributed by atoms with Crippen molar-refractivity contribution in [1.82, 2.24) is 10.6 Å². The summed E-state index contributed by atoms with van der Waals surface area (Å²) < 4.78 is 0. The molecule has 4 nitrogen and oxygen atoms in total. The van der Waals surface area contributed by atoms with E-state index in [2.05, 4.69) is 10.6 Å². The van der Waals surface area contributed by atoms with Crippen molar-refractivity contribution in [2.75, 3.05) is 0 Å². The van der Waals surface area contributed by atoms with Crippen molar-refractivity contribution >= 4 is 11.8 Å². The largest absolute Gasteiger partial charge is 0.341 e. The molecule has 0 aromatic heterocycles. The molecule has 0 radical (unpaired) electrons. The standard InChI is InChI=1S/C36H32N2O2/c1-25-13-17-29(18-14-25)33(27-9-5-3-6-10-27)37-35(39)31-21-23-32(24-22-31)36(40)38-34(28-11-7-4-8-12-28)30-19-15-26(2)16-20-30/h3-24,33-34H,1-2H3,(H,37,39)(H,38,40). The predicted molar refractivity (Wildman–Crippen MR) is 160 cm³/mol. The van der Waals surface area contributed by atoms with Gasteiger partial charge in [0.1, 0.15) is 0 Å². The molecule has 0 aliphatic carbocycles. The van der Waals surface area contributed by atoms with Gasteiger partial charge in [0.25, 0.3) is 11.8 Å². The van der Waals surface area contributed by atoms with Gasteiger partial charge in [-0.3, -0.25) is 9.59 Å². The van der Waals surface area contributed by atoms with Crippen molar-refractivity contribution < 1.29 is 9.59 Å². The highest BCUT2D eigenvalue weighted by Gasteiger charge is 2.20. The molecule has 0 heterocycles. The van der Waals surface area contributed by atoms with Crippen molar-refractivity contribution in [3.05, 3.63) is 178 Å². The first kappa shape index (κ1) is 26.6. The summed E-state index contributed by atoms with van der Waals surface area (Å²) in [6, 6.07) is 42.4. The third-order valence-electron chi connectivity index (χ3n) is 7.05. The van der Waals surface area contributed by atoms with Gasteiger partial charge in [0.15, 0.2) is 0 Å². The topological polar surface area (TPSA) is 58.2 Å². The van der Waals surface area contributed by atoms with Crippen LogP contribution in [0.5, 0.6) is 0 Å². The highest BCUT2D eigenvalue weighted by Crippen LogP contribution is 2.25. The maximum Gasteiger partial charge on any atom is 0.252 e.